The number of aromatic nitrogens is 3. The molecule has 0 bridgehead atoms. The van der Waals surface area contributed by atoms with Crippen LogP contribution in [0.5, 0.6) is 0 Å². The third-order valence-electron chi connectivity index (χ3n) is 6.44. The lowest BCUT2D eigenvalue weighted by atomic mass is 9.88. The van der Waals surface area contributed by atoms with Gasteiger partial charge in [0.15, 0.2) is 23.6 Å². The Hall–Kier alpha value is -3.03. The minimum absolute atomic E-state index is 0.0467. The molecule has 37 heavy (non-hydrogen) atoms. The van der Waals surface area contributed by atoms with Crippen molar-refractivity contribution in [2.24, 2.45) is 0 Å². The molecule has 2 N–H and O–H groups in total. The third kappa shape index (κ3) is 4.59. The van der Waals surface area contributed by atoms with E-state index >= 15 is 0 Å². The quantitative estimate of drug-likeness (QED) is 0.375. The molecule has 0 amide bonds. The number of nitrogens with zero attached hydrogens (tertiary/aromatic N) is 3. The summed E-state index contributed by atoms with van der Waals surface area (Å²) < 4.78 is 59.8. The van der Waals surface area contributed by atoms with E-state index in [1.165, 1.54) is 18.3 Å². The Kier molecular flexibility index (Phi) is 6.94. The van der Waals surface area contributed by atoms with Gasteiger partial charge in [-0.05, 0) is 30.7 Å². The summed E-state index contributed by atoms with van der Waals surface area (Å²) in [5.41, 5.74) is -0.0969. The second kappa shape index (κ2) is 10.0. The highest BCUT2D eigenvalue weighted by Gasteiger charge is 2.60. The zero-order chi connectivity index (χ0) is 26.3. The van der Waals surface area contributed by atoms with Gasteiger partial charge in [-0.2, -0.15) is 0 Å². The molecule has 9 nitrogen and oxygen atoms in total. The van der Waals surface area contributed by atoms with Crippen molar-refractivity contribution in [1.29, 1.82) is 0 Å². The molecule has 0 unspecified atom stereocenters. The van der Waals surface area contributed by atoms with Crippen molar-refractivity contribution in [2.45, 2.75) is 43.0 Å². The average molecular weight is 540 g/mol. The summed E-state index contributed by atoms with van der Waals surface area (Å²) in [5, 5.41) is 29.0. The van der Waals surface area contributed by atoms with Gasteiger partial charge in [0.2, 0.25) is 5.79 Å². The monoisotopic (exact) mass is 539 g/mol. The molecule has 13 heteroatoms. The van der Waals surface area contributed by atoms with E-state index < -0.39 is 60.2 Å². The van der Waals surface area contributed by atoms with Gasteiger partial charge in [-0.3, -0.25) is 0 Å². The van der Waals surface area contributed by atoms with Crippen LogP contribution in [0.25, 0.3) is 11.3 Å². The maximum absolute atomic E-state index is 13.8. The lowest BCUT2D eigenvalue weighted by molar-refractivity contribution is -0.337. The fourth-order valence-corrected chi connectivity index (χ4v) is 4.88. The molecule has 2 aliphatic rings. The number of rotatable bonds is 5. The standard InChI is InChI=1S/C24H21ClF3N3O6/c25-14-5-2-1-4-13(14)23(34)36-22-20(21(33)18(11-32)37-24(22)6-3-7-35-24)31-10-17(29-30-31)12-8-15(26)19(28)16(27)9-12/h1-2,4-5,8-10,18,20-22,32-33H,3,6-7,11H2/t18-,20+,21+,22-,24+/m1/s1. The van der Waals surface area contributed by atoms with Gasteiger partial charge in [0.1, 0.15) is 23.9 Å². The summed E-state index contributed by atoms with van der Waals surface area (Å²) in [6.07, 6.45) is -1.86. The summed E-state index contributed by atoms with van der Waals surface area (Å²) in [5.74, 6) is -6.82. The first-order valence-electron chi connectivity index (χ1n) is 11.4. The molecule has 0 saturated carbocycles. The Morgan fingerprint density at radius 1 is 1.24 bits per heavy atom. The van der Waals surface area contributed by atoms with Crippen LogP contribution in [0, 0.1) is 17.5 Å². The molecule has 5 rings (SSSR count). The van der Waals surface area contributed by atoms with Crippen molar-refractivity contribution < 1.29 is 42.4 Å². The molecule has 2 aliphatic heterocycles. The van der Waals surface area contributed by atoms with Crippen LogP contribution in [0.3, 0.4) is 0 Å². The number of carbonyl (C=O) groups is 1. The predicted molar refractivity (Wildman–Crippen MR) is 121 cm³/mol. The normalized spacial score (nSPS) is 27.5. The third-order valence-corrected chi connectivity index (χ3v) is 6.77. The van der Waals surface area contributed by atoms with Crippen LogP contribution < -0.4 is 0 Å². The van der Waals surface area contributed by atoms with E-state index in [0.717, 1.165) is 16.8 Å². The molecule has 0 aliphatic carbocycles. The molecule has 2 saturated heterocycles. The van der Waals surface area contributed by atoms with Crippen LogP contribution in [-0.4, -0.2) is 68.5 Å². The number of hydrogen-bond acceptors (Lipinski definition) is 8. The van der Waals surface area contributed by atoms with E-state index in [4.69, 9.17) is 25.8 Å². The van der Waals surface area contributed by atoms with Gasteiger partial charge in [0.05, 0.1) is 30.0 Å². The summed E-state index contributed by atoms with van der Waals surface area (Å²) in [4.78, 5) is 13.1. The van der Waals surface area contributed by atoms with Crippen LogP contribution >= 0.6 is 11.6 Å². The van der Waals surface area contributed by atoms with E-state index in [2.05, 4.69) is 10.3 Å². The molecule has 2 fully saturated rings. The number of benzene rings is 2. The largest absolute Gasteiger partial charge is 0.451 e. The summed E-state index contributed by atoms with van der Waals surface area (Å²) in [7, 11) is 0. The highest BCUT2D eigenvalue weighted by atomic mass is 35.5. The number of halogens is 4. The highest BCUT2D eigenvalue weighted by Crippen LogP contribution is 2.45. The fraction of sp³-hybridized carbons (Fsp3) is 0.375. The minimum Gasteiger partial charge on any atom is -0.451 e. The van der Waals surface area contributed by atoms with Crippen molar-refractivity contribution in [2.75, 3.05) is 13.2 Å². The fourth-order valence-electron chi connectivity index (χ4n) is 4.67. The lowest BCUT2D eigenvalue weighted by Crippen LogP contribution is -2.63. The molecular weight excluding hydrogens is 519 g/mol. The van der Waals surface area contributed by atoms with E-state index in [0.29, 0.717) is 6.42 Å². The SMILES string of the molecule is O=C(O[C@@H]1[C@@H](n2cc(-c3cc(F)c(F)c(F)c3)nn2)[C@@H](O)[C@@H](CO)O[C@@]12CCCO2)c1ccccc1Cl. The molecule has 5 atom stereocenters. The zero-order valence-corrected chi connectivity index (χ0v) is 19.8. The first-order chi connectivity index (χ1) is 17.7. The van der Waals surface area contributed by atoms with Crippen molar-refractivity contribution in [3.8, 4) is 11.3 Å². The Bertz CT molecular complexity index is 1300. The van der Waals surface area contributed by atoms with Crippen LogP contribution in [0.4, 0.5) is 13.2 Å². The summed E-state index contributed by atoms with van der Waals surface area (Å²) >= 11 is 6.16. The molecule has 3 heterocycles. The first kappa shape index (κ1) is 25.6. The zero-order valence-electron chi connectivity index (χ0n) is 19.1. The molecule has 1 aromatic heterocycles. The van der Waals surface area contributed by atoms with E-state index in [1.54, 1.807) is 12.1 Å². The Balaban J connectivity index is 1.56. The molecule has 0 radical (unpaired) electrons. The minimum atomic E-state index is -1.63. The number of ether oxygens (including phenoxy) is 3. The number of aliphatic hydroxyl groups is 2. The van der Waals surface area contributed by atoms with Gasteiger partial charge in [-0.25, -0.2) is 22.6 Å². The van der Waals surface area contributed by atoms with Gasteiger partial charge in [-0.15, -0.1) is 5.10 Å². The topological polar surface area (TPSA) is 116 Å². The molecule has 2 aromatic carbocycles. The average Bonchev–Trinajstić information content (AvgIpc) is 3.55. The van der Waals surface area contributed by atoms with Crippen LogP contribution in [0.2, 0.25) is 5.02 Å². The maximum Gasteiger partial charge on any atom is 0.340 e. The molecular formula is C24H21ClF3N3O6. The van der Waals surface area contributed by atoms with Gasteiger partial charge in [0.25, 0.3) is 0 Å². The molecule has 3 aromatic rings. The predicted octanol–water partition coefficient (Wildman–Crippen LogP) is 3.04. The number of esters is 1. The van der Waals surface area contributed by atoms with E-state index in [-0.39, 0.29) is 34.9 Å². The van der Waals surface area contributed by atoms with Crippen molar-refractivity contribution in [3.63, 3.8) is 0 Å². The number of hydrogen-bond donors (Lipinski definition) is 2. The van der Waals surface area contributed by atoms with Crippen molar-refractivity contribution >= 4 is 17.6 Å². The molecule has 1 spiro atoms. The first-order valence-corrected chi connectivity index (χ1v) is 11.7. The summed E-state index contributed by atoms with van der Waals surface area (Å²) in [6.45, 7) is -0.332. The van der Waals surface area contributed by atoms with Crippen molar-refractivity contribution in [1.82, 2.24) is 15.0 Å². The van der Waals surface area contributed by atoms with Gasteiger partial charge in [0, 0.05) is 12.0 Å². The number of aliphatic hydroxyl groups excluding tert-OH is 2. The Morgan fingerprint density at radius 3 is 2.62 bits per heavy atom. The van der Waals surface area contributed by atoms with Crippen molar-refractivity contribution in [3.05, 3.63) is 70.6 Å². The van der Waals surface area contributed by atoms with Gasteiger partial charge < -0.3 is 24.4 Å². The number of carbonyl (C=O) groups excluding carboxylic acids is 1. The second-order valence-electron chi connectivity index (χ2n) is 8.73. The Labute approximate surface area is 213 Å². The second-order valence-corrected chi connectivity index (χ2v) is 9.13. The van der Waals surface area contributed by atoms with Gasteiger partial charge >= 0.3 is 5.97 Å². The van der Waals surface area contributed by atoms with Crippen LogP contribution in [0.15, 0.2) is 42.6 Å². The molecule has 196 valence electrons. The van der Waals surface area contributed by atoms with E-state index in [9.17, 15) is 28.2 Å². The Morgan fingerprint density at radius 2 is 1.97 bits per heavy atom. The van der Waals surface area contributed by atoms with Crippen LogP contribution in [-0.2, 0) is 14.2 Å². The lowest BCUT2D eigenvalue weighted by Gasteiger charge is -2.48. The van der Waals surface area contributed by atoms with Gasteiger partial charge in [-0.1, -0.05) is 28.9 Å². The van der Waals surface area contributed by atoms with E-state index in [1.807, 2.05) is 0 Å². The maximum atomic E-state index is 13.8. The summed E-state index contributed by atoms with van der Waals surface area (Å²) in [6, 6.07) is 6.51. The smallest absolute Gasteiger partial charge is 0.340 e. The van der Waals surface area contributed by atoms with Crippen LogP contribution in [0.1, 0.15) is 29.2 Å². The highest BCUT2D eigenvalue weighted by molar-refractivity contribution is 6.33.